The number of halogens is 1. The van der Waals surface area contributed by atoms with Crippen LogP contribution in [0.3, 0.4) is 0 Å². The number of benzene rings is 2. The molecular formula is C25H30ClN3O5. The van der Waals surface area contributed by atoms with Crippen molar-refractivity contribution < 1.29 is 24.2 Å². The molecule has 34 heavy (non-hydrogen) atoms. The van der Waals surface area contributed by atoms with Crippen LogP contribution in [-0.2, 0) is 25.7 Å². The SMILES string of the molecule is N[C@@H]1C[C@@H](CC(=O)NCc2ccc(Cl)cc2)C(=O)NCC(c2ccccc2)OC(=O)CCC1O. The largest absolute Gasteiger partial charge is 0.456 e. The van der Waals surface area contributed by atoms with Gasteiger partial charge >= 0.3 is 5.97 Å². The average Bonchev–Trinajstić information content (AvgIpc) is 2.84. The number of cyclic esters (lactones) is 1. The van der Waals surface area contributed by atoms with Gasteiger partial charge in [-0.05, 0) is 36.1 Å². The van der Waals surface area contributed by atoms with Gasteiger partial charge < -0.3 is 26.2 Å². The van der Waals surface area contributed by atoms with Crippen LogP contribution in [0.2, 0.25) is 5.02 Å². The predicted octanol–water partition coefficient (Wildman–Crippen LogP) is 2.24. The summed E-state index contributed by atoms with van der Waals surface area (Å²) >= 11 is 5.89. The molecule has 9 heteroatoms. The van der Waals surface area contributed by atoms with Gasteiger partial charge in [-0.25, -0.2) is 0 Å². The highest BCUT2D eigenvalue weighted by atomic mass is 35.5. The lowest BCUT2D eigenvalue weighted by atomic mass is 9.91. The molecule has 2 amide bonds. The third kappa shape index (κ3) is 7.83. The van der Waals surface area contributed by atoms with E-state index in [2.05, 4.69) is 10.6 Å². The van der Waals surface area contributed by atoms with E-state index < -0.39 is 30.1 Å². The molecule has 3 rings (SSSR count). The van der Waals surface area contributed by atoms with Crippen LogP contribution in [0.5, 0.6) is 0 Å². The van der Waals surface area contributed by atoms with Gasteiger partial charge in [0.05, 0.1) is 12.6 Å². The van der Waals surface area contributed by atoms with Crippen molar-refractivity contribution in [3.63, 3.8) is 0 Å². The molecule has 182 valence electrons. The molecule has 1 fully saturated rings. The van der Waals surface area contributed by atoms with Crippen LogP contribution >= 0.6 is 11.6 Å². The lowest BCUT2D eigenvalue weighted by Gasteiger charge is -2.26. The fraction of sp³-hybridized carbons (Fsp3) is 0.400. The Balaban J connectivity index is 1.68. The van der Waals surface area contributed by atoms with Crippen LogP contribution in [0.1, 0.15) is 42.9 Å². The Labute approximate surface area is 203 Å². The quantitative estimate of drug-likeness (QED) is 0.478. The Morgan fingerprint density at radius 3 is 2.56 bits per heavy atom. The number of ether oxygens (including phenoxy) is 1. The molecular weight excluding hydrogens is 458 g/mol. The maximum absolute atomic E-state index is 13.0. The first-order valence-corrected chi connectivity index (χ1v) is 11.7. The van der Waals surface area contributed by atoms with E-state index in [-0.39, 0.29) is 44.0 Å². The Bertz CT molecular complexity index is 970. The monoisotopic (exact) mass is 487 g/mol. The summed E-state index contributed by atoms with van der Waals surface area (Å²) in [7, 11) is 0. The maximum Gasteiger partial charge on any atom is 0.306 e. The van der Waals surface area contributed by atoms with E-state index in [1.54, 1.807) is 12.1 Å². The summed E-state index contributed by atoms with van der Waals surface area (Å²) in [5.41, 5.74) is 7.72. The van der Waals surface area contributed by atoms with Gasteiger partial charge in [-0.2, -0.15) is 0 Å². The minimum Gasteiger partial charge on any atom is -0.456 e. The van der Waals surface area contributed by atoms with Gasteiger partial charge in [-0.15, -0.1) is 0 Å². The zero-order valence-corrected chi connectivity index (χ0v) is 19.5. The van der Waals surface area contributed by atoms with Gasteiger partial charge in [0.1, 0.15) is 6.10 Å². The molecule has 2 unspecified atom stereocenters. The standard InChI is InChI=1S/C25H30ClN3O5/c26-19-8-6-16(7-9-19)14-28-23(31)13-18-12-20(27)21(30)10-11-24(32)34-22(15-29-25(18)33)17-4-2-1-3-5-17/h1-9,18,20-22,30H,10-15,27H2,(H,28,31)(H,29,33)/t18-,20+,21?,22?/m0/s1. The maximum atomic E-state index is 13.0. The second kappa shape index (κ2) is 12.5. The number of aliphatic hydroxyl groups excluding tert-OH is 1. The summed E-state index contributed by atoms with van der Waals surface area (Å²) in [6.45, 7) is 0.361. The first kappa shape index (κ1) is 25.7. The lowest BCUT2D eigenvalue weighted by molar-refractivity contribution is -0.151. The Hall–Kier alpha value is -2.94. The molecule has 5 N–H and O–H groups in total. The summed E-state index contributed by atoms with van der Waals surface area (Å²) < 4.78 is 5.56. The van der Waals surface area contributed by atoms with Crippen molar-refractivity contribution in [3.8, 4) is 0 Å². The third-order valence-electron chi connectivity index (χ3n) is 5.81. The van der Waals surface area contributed by atoms with Crippen LogP contribution in [0, 0.1) is 5.92 Å². The van der Waals surface area contributed by atoms with Gasteiger partial charge in [0.15, 0.2) is 0 Å². The van der Waals surface area contributed by atoms with Gasteiger partial charge in [-0.1, -0.05) is 54.1 Å². The van der Waals surface area contributed by atoms with E-state index in [1.807, 2.05) is 42.5 Å². The molecule has 0 aromatic heterocycles. The molecule has 4 atom stereocenters. The van der Waals surface area contributed by atoms with Crippen molar-refractivity contribution in [2.45, 2.75) is 50.5 Å². The third-order valence-corrected chi connectivity index (χ3v) is 6.06. The van der Waals surface area contributed by atoms with Crippen LogP contribution in [0.15, 0.2) is 54.6 Å². The zero-order chi connectivity index (χ0) is 24.5. The van der Waals surface area contributed by atoms with Gasteiger partial charge in [0.2, 0.25) is 11.8 Å². The zero-order valence-electron chi connectivity index (χ0n) is 18.8. The first-order chi connectivity index (χ1) is 16.3. The first-order valence-electron chi connectivity index (χ1n) is 11.3. The normalized spacial score (nSPS) is 24.2. The second-order valence-electron chi connectivity index (χ2n) is 8.44. The van der Waals surface area contributed by atoms with E-state index in [9.17, 15) is 19.5 Å². The Kier molecular flexibility index (Phi) is 9.44. The van der Waals surface area contributed by atoms with Crippen molar-refractivity contribution in [3.05, 3.63) is 70.7 Å². The number of carbonyl (C=O) groups is 3. The molecule has 1 saturated heterocycles. The number of rotatable bonds is 5. The molecule has 1 heterocycles. The predicted molar refractivity (Wildman–Crippen MR) is 128 cm³/mol. The van der Waals surface area contributed by atoms with Crippen molar-refractivity contribution in [1.29, 1.82) is 0 Å². The van der Waals surface area contributed by atoms with Crippen molar-refractivity contribution >= 4 is 29.4 Å². The average molecular weight is 488 g/mol. The Morgan fingerprint density at radius 1 is 1.15 bits per heavy atom. The number of nitrogens with one attached hydrogen (secondary N) is 2. The Morgan fingerprint density at radius 2 is 1.85 bits per heavy atom. The molecule has 0 spiro atoms. The van der Waals surface area contributed by atoms with Crippen LogP contribution in [-0.4, -0.2) is 41.6 Å². The number of esters is 1. The second-order valence-corrected chi connectivity index (χ2v) is 8.88. The molecule has 1 aliphatic heterocycles. The van der Waals surface area contributed by atoms with Crippen LogP contribution in [0.4, 0.5) is 0 Å². The molecule has 8 nitrogen and oxygen atoms in total. The van der Waals surface area contributed by atoms with E-state index in [0.717, 1.165) is 11.1 Å². The number of aliphatic hydroxyl groups is 1. The summed E-state index contributed by atoms with van der Waals surface area (Å²) in [6, 6.07) is 15.4. The number of hydrogen-bond donors (Lipinski definition) is 4. The number of carbonyl (C=O) groups excluding carboxylic acids is 3. The number of hydrogen-bond acceptors (Lipinski definition) is 6. The minimum atomic E-state index is -1.01. The molecule has 2 aromatic rings. The smallest absolute Gasteiger partial charge is 0.306 e. The van der Waals surface area contributed by atoms with E-state index in [1.165, 1.54) is 0 Å². The number of nitrogens with two attached hydrogens (primary N) is 1. The van der Waals surface area contributed by atoms with Crippen molar-refractivity contribution in [2.75, 3.05) is 6.54 Å². The summed E-state index contributed by atoms with van der Waals surface area (Å²) in [5, 5.41) is 16.6. The van der Waals surface area contributed by atoms with Crippen molar-refractivity contribution in [1.82, 2.24) is 10.6 Å². The molecule has 0 radical (unpaired) electrons. The summed E-state index contributed by atoms with van der Waals surface area (Å²) in [6.07, 6.45) is -1.56. The molecule has 2 aromatic carbocycles. The highest BCUT2D eigenvalue weighted by Crippen LogP contribution is 2.21. The highest BCUT2D eigenvalue weighted by molar-refractivity contribution is 6.30. The van der Waals surface area contributed by atoms with Crippen LogP contribution in [0.25, 0.3) is 0 Å². The van der Waals surface area contributed by atoms with Gasteiger partial charge in [0, 0.05) is 36.4 Å². The van der Waals surface area contributed by atoms with Gasteiger partial charge in [0.25, 0.3) is 0 Å². The lowest BCUT2D eigenvalue weighted by Crippen LogP contribution is -2.44. The molecule has 0 saturated carbocycles. The fourth-order valence-corrected chi connectivity index (χ4v) is 3.92. The number of amides is 2. The topological polar surface area (TPSA) is 131 Å². The van der Waals surface area contributed by atoms with E-state index >= 15 is 0 Å². The van der Waals surface area contributed by atoms with E-state index in [0.29, 0.717) is 11.6 Å². The van der Waals surface area contributed by atoms with Crippen molar-refractivity contribution in [2.24, 2.45) is 11.7 Å². The van der Waals surface area contributed by atoms with Gasteiger partial charge in [-0.3, -0.25) is 14.4 Å². The highest BCUT2D eigenvalue weighted by Gasteiger charge is 2.30. The minimum absolute atomic E-state index is 0.00160. The van der Waals surface area contributed by atoms with E-state index in [4.69, 9.17) is 22.1 Å². The molecule has 1 aliphatic rings. The molecule has 0 bridgehead atoms. The summed E-state index contributed by atoms with van der Waals surface area (Å²) in [4.78, 5) is 37.9. The fourth-order valence-electron chi connectivity index (χ4n) is 3.80. The summed E-state index contributed by atoms with van der Waals surface area (Å²) in [5.74, 6) is -1.92. The van der Waals surface area contributed by atoms with Crippen LogP contribution < -0.4 is 16.4 Å². The molecule has 0 aliphatic carbocycles.